The van der Waals surface area contributed by atoms with Gasteiger partial charge in [0, 0.05) is 24.3 Å². The second kappa shape index (κ2) is 8.14. The van der Waals surface area contributed by atoms with Gasteiger partial charge in [0.15, 0.2) is 0 Å². The van der Waals surface area contributed by atoms with Crippen molar-refractivity contribution in [3.05, 3.63) is 59.7 Å². The van der Waals surface area contributed by atoms with E-state index in [1.807, 2.05) is 6.92 Å². The van der Waals surface area contributed by atoms with E-state index in [2.05, 4.69) is 0 Å². The summed E-state index contributed by atoms with van der Waals surface area (Å²) in [4.78, 5) is 28.5. The van der Waals surface area contributed by atoms with E-state index in [0.29, 0.717) is 24.6 Å². The Morgan fingerprint density at radius 2 is 1.69 bits per heavy atom. The molecular formula is C21H21F3N2O3. The van der Waals surface area contributed by atoms with Gasteiger partial charge in [-0.1, -0.05) is 0 Å². The minimum absolute atomic E-state index is 0.118. The summed E-state index contributed by atoms with van der Waals surface area (Å²) in [6.07, 6.45) is -4.46. The lowest BCUT2D eigenvalue weighted by Crippen LogP contribution is -2.57. The first-order valence-electron chi connectivity index (χ1n) is 9.25. The van der Waals surface area contributed by atoms with Gasteiger partial charge in [-0.3, -0.25) is 9.59 Å². The summed E-state index contributed by atoms with van der Waals surface area (Å²) in [6, 6.07) is 10.4. The molecular weight excluding hydrogens is 385 g/mol. The number of anilines is 1. The van der Waals surface area contributed by atoms with Crippen LogP contribution in [0.3, 0.4) is 0 Å². The Hall–Kier alpha value is -3.03. The maximum absolute atomic E-state index is 12.8. The van der Waals surface area contributed by atoms with Gasteiger partial charge >= 0.3 is 6.18 Å². The van der Waals surface area contributed by atoms with Crippen molar-refractivity contribution in [2.24, 2.45) is 0 Å². The first-order valence-corrected chi connectivity index (χ1v) is 9.25. The van der Waals surface area contributed by atoms with Crippen molar-refractivity contribution in [3.8, 4) is 5.75 Å². The highest BCUT2D eigenvalue weighted by molar-refractivity contribution is 6.03. The summed E-state index contributed by atoms with van der Waals surface area (Å²) in [7, 11) is 0. The molecule has 1 heterocycles. The molecule has 2 amide bonds. The number of piperazine rings is 1. The van der Waals surface area contributed by atoms with Gasteiger partial charge in [-0.15, -0.1) is 0 Å². The largest absolute Gasteiger partial charge is 0.494 e. The molecule has 0 aliphatic carbocycles. The molecule has 0 N–H and O–H groups in total. The first kappa shape index (κ1) is 20.7. The van der Waals surface area contributed by atoms with Crippen molar-refractivity contribution in [3.63, 3.8) is 0 Å². The van der Waals surface area contributed by atoms with E-state index in [0.717, 1.165) is 24.3 Å². The number of benzene rings is 2. The Bertz CT molecular complexity index is 880. The lowest BCUT2D eigenvalue weighted by molar-refractivity contribution is -0.137. The van der Waals surface area contributed by atoms with Crippen LogP contribution in [0.25, 0.3) is 0 Å². The predicted octanol–water partition coefficient (Wildman–Crippen LogP) is 3.98. The van der Waals surface area contributed by atoms with Crippen molar-refractivity contribution >= 4 is 17.5 Å². The Balaban J connectivity index is 1.72. The van der Waals surface area contributed by atoms with Crippen LogP contribution in [-0.2, 0) is 11.0 Å². The summed E-state index contributed by atoms with van der Waals surface area (Å²) < 4.78 is 43.5. The molecule has 29 heavy (non-hydrogen) atoms. The zero-order chi connectivity index (χ0) is 21.2. The highest BCUT2D eigenvalue weighted by Gasteiger charge is 2.36. The van der Waals surface area contributed by atoms with Crippen LogP contribution in [0.1, 0.15) is 29.8 Å². The van der Waals surface area contributed by atoms with Gasteiger partial charge in [0.05, 0.1) is 12.2 Å². The molecule has 1 atom stereocenters. The first-order chi connectivity index (χ1) is 13.7. The molecule has 1 saturated heterocycles. The molecule has 2 aromatic rings. The summed E-state index contributed by atoms with van der Waals surface area (Å²) in [6.45, 7) is 4.61. The van der Waals surface area contributed by atoms with Crippen LogP contribution in [-0.4, -0.2) is 42.5 Å². The van der Waals surface area contributed by atoms with Crippen LogP contribution < -0.4 is 9.64 Å². The number of hydrogen-bond acceptors (Lipinski definition) is 3. The highest BCUT2D eigenvalue weighted by Crippen LogP contribution is 2.30. The Morgan fingerprint density at radius 1 is 1.07 bits per heavy atom. The number of alkyl halides is 3. The number of ether oxygens (including phenoxy) is 1. The predicted molar refractivity (Wildman–Crippen MR) is 102 cm³/mol. The average Bonchev–Trinajstić information content (AvgIpc) is 2.70. The fraction of sp³-hybridized carbons (Fsp3) is 0.333. The lowest BCUT2D eigenvalue weighted by atomic mass is 10.1. The van der Waals surface area contributed by atoms with E-state index in [1.165, 1.54) is 4.90 Å². The number of carbonyl (C=O) groups is 2. The molecule has 0 aromatic heterocycles. The van der Waals surface area contributed by atoms with Crippen molar-refractivity contribution < 1.29 is 27.5 Å². The van der Waals surface area contributed by atoms with E-state index in [1.54, 1.807) is 36.1 Å². The molecule has 3 rings (SSSR count). The number of amides is 2. The van der Waals surface area contributed by atoms with Gasteiger partial charge < -0.3 is 14.5 Å². The molecule has 1 aliphatic heterocycles. The Labute approximate surface area is 166 Å². The van der Waals surface area contributed by atoms with Gasteiger partial charge in [-0.25, -0.2) is 0 Å². The quantitative estimate of drug-likeness (QED) is 0.772. The molecule has 1 aliphatic rings. The molecule has 154 valence electrons. The zero-order valence-electron chi connectivity index (χ0n) is 16.1. The van der Waals surface area contributed by atoms with Crippen molar-refractivity contribution in [1.82, 2.24) is 4.90 Å². The third kappa shape index (κ3) is 4.36. The third-order valence-electron chi connectivity index (χ3n) is 4.83. The second-order valence-electron chi connectivity index (χ2n) is 6.67. The van der Waals surface area contributed by atoms with Gasteiger partial charge in [0.1, 0.15) is 11.8 Å². The maximum Gasteiger partial charge on any atom is 0.416 e. The van der Waals surface area contributed by atoms with E-state index in [9.17, 15) is 22.8 Å². The van der Waals surface area contributed by atoms with Gasteiger partial charge in [-0.05, 0) is 62.4 Å². The minimum Gasteiger partial charge on any atom is -0.494 e. The van der Waals surface area contributed by atoms with Crippen molar-refractivity contribution in [2.45, 2.75) is 26.1 Å². The van der Waals surface area contributed by atoms with Crippen LogP contribution in [0.15, 0.2) is 48.5 Å². The van der Waals surface area contributed by atoms with Crippen LogP contribution in [0.5, 0.6) is 5.75 Å². The molecule has 5 nitrogen and oxygen atoms in total. The minimum atomic E-state index is -4.46. The smallest absolute Gasteiger partial charge is 0.416 e. The molecule has 0 bridgehead atoms. The number of hydrogen-bond donors (Lipinski definition) is 0. The number of nitrogens with zero attached hydrogens (tertiary/aromatic N) is 2. The molecule has 0 radical (unpaired) electrons. The number of carbonyl (C=O) groups excluding carboxylic acids is 2. The molecule has 2 aromatic carbocycles. The summed E-state index contributed by atoms with van der Waals surface area (Å²) in [5.41, 5.74) is -0.00223. The van der Waals surface area contributed by atoms with Crippen LogP contribution in [0, 0.1) is 0 Å². The van der Waals surface area contributed by atoms with Crippen molar-refractivity contribution in [1.29, 1.82) is 0 Å². The van der Waals surface area contributed by atoms with Crippen LogP contribution in [0.4, 0.5) is 18.9 Å². The van der Waals surface area contributed by atoms with E-state index >= 15 is 0 Å². The number of rotatable bonds is 4. The summed E-state index contributed by atoms with van der Waals surface area (Å²) in [5, 5.41) is 0. The monoisotopic (exact) mass is 406 g/mol. The molecule has 0 saturated carbocycles. The Kier molecular flexibility index (Phi) is 5.81. The van der Waals surface area contributed by atoms with E-state index in [-0.39, 0.29) is 18.0 Å². The maximum atomic E-state index is 12.8. The topological polar surface area (TPSA) is 49.9 Å². The summed E-state index contributed by atoms with van der Waals surface area (Å²) in [5.74, 6) is -0.0144. The van der Waals surface area contributed by atoms with Gasteiger partial charge in [-0.2, -0.15) is 13.2 Å². The van der Waals surface area contributed by atoms with Crippen LogP contribution in [0.2, 0.25) is 0 Å². The van der Waals surface area contributed by atoms with E-state index in [4.69, 9.17) is 4.74 Å². The third-order valence-corrected chi connectivity index (χ3v) is 4.83. The molecule has 1 fully saturated rings. The lowest BCUT2D eigenvalue weighted by Gasteiger charge is -2.39. The molecule has 0 spiro atoms. The summed E-state index contributed by atoms with van der Waals surface area (Å²) >= 11 is 0. The average molecular weight is 406 g/mol. The fourth-order valence-electron chi connectivity index (χ4n) is 3.26. The normalized spacial score (nSPS) is 17.4. The highest BCUT2D eigenvalue weighted by atomic mass is 19.4. The standard InChI is InChI=1S/C21H21F3N2O3/c1-3-29-18-10-8-17(9-11-18)26-13-12-25(14(2)19(26)27)20(28)15-4-6-16(7-5-15)21(22,23)24/h4-11,14H,3,12-13H2,1-2H3/t14-/m1/s1. The number of halogens is 3. The van der Waals surface area contributed by atoms with Gasteiger partial charge in [0.25, 0.3) is 5.91 Å². The molecule has 0 unspecified atom stereocenters. The van der Waals surface area contributed by atoms with Crippen LogP contribution >= 0.6 is 0 Å². The van der Waals surface area contributed by atoms with E-state index < -0.39 is 23.7 Å². The second-order valence-corrected chi connectivity index (χ2v) is 6.67. The fourth-order valence-corrected chi connectivity index (χ4v) is 3.26. The Morgan fingerprint density at radius 3 is 2.24 bits per heavy atom. The van der Waals surface area contributed by atoms with Gasteiger partial charge in [0.2, 0.25) is 5.91 Å². The SMILES string of the molecule is CCOc1ccc(N2CCN(C(=O)c3ccc(C(F)(F)F)cc3)[C@H](C)C2=O)cc1. The molecule has 8 heteroatoms. The van der Waals surface area contributed by atoms with Crippen molar-refractivity contribution in [2.75, 3.05) is 24.6 Å². The zero-order valence-corrected chi connectivity index (χ0v) is 16.1.